The van der Waals surface area contributed by atoms with E-state index in [1.54, 1.807) is 12.1 Å². The monoisotopic (exact) mass is 198 g/mol. The summed E-state index contributed by atoms with van der Waals surface area (Å²) in [5.74, 6) is 0.569. The lowest BCUT2D eigenvalue weighted by Crippen LogP contribution is -1.87. The van der Waals surface area contributed by atoms with Gasteiger partial charge in [0.25, 0.3) is 0 Å². The van der Waals surface area contributed by atoms with Crippen molar-refractivity contribution in [3.63, 3.8) is 0 Å². The molecule has 0 atom stereocenters. The van der Waals surface area contributed by atoms with Gasteiger partial charge in [-0.1, -0.05) is 18.2 Å². The summed E-state index contributed by atoms with van der Waals surface area (Å²) < 4.78 is 17.9. The van der Waals surface area contributed by atoms with Crippen LogP contribution in [-0.4, -0.2) is 12.9 Å². The van der Waals surface area contributed by atoms with Gasteiger partial charge in [-0.25, -0.2) is 4.39 Å². The Balaban J connectivity index is 2.89. The number of halogens is 1. The highest BCUT2D eigenvalue weighted by molar-refractivity contribution is 7.80. The first-order valence-electron chi connectivity index (χ1n) is 3.89. The van der Waals surface area contributed by atoms with E-state index in [1.807, 2.05) is 12.2 Å². The van der Waals surface area contributed by atoms with Crippen molar-refractivity contribution < 1.29 is 9.13 Å². The molecule has 1 aromatic rings. The average Bonchev–Trinajstić information content (AvgIpc) is 2.15. The van der Waals surface area contributed by atoms with Crippen LogP contribution in [-0.2, 0) is 0 Å². The van der Waals surface area contributed by atoms with Crippen molar-refractivity contribution in [1.29, 1.82) is 0 Å². The summed E-state index contributed by atoms with van der Waals surface area (Å²) in [6, 6.07) is 4.83. The van der Waals surface area contributed by atoms with Gasteiger partial charge in [0.1, 0.15) is 0 Å². The normalized spacial score (nSPS) is 10.7. The third-order valence-corrected chi connectivity index (χ3v) is 1.80. The molecule has 1 rings (SSSR count). The Morgan fingerprint density at radius 2 is 2.31 bits per heavy atom. The molecule has 0 saturated carbocycles. The molecule has 0 heterocycles. The van der Waals surface area contributed by atoms with Crippen LogP contribution in [0.5, 0.6) is 5.75 Å². The Morgan fingerprint density at radius 3 is 2.85 bits per heavy atom. The first-order chi connectivity index (χ1) is 6.27. The molecule has 0 saturated heterocycles. The lowest BCUT2D eigenvalue weighted by molar-refractivity contribution is 0.386. The fourth-order valence-electron chi connectivity index (χ4n) is 0.975. The van der Waals surface area contributed by atoms with Crippen LogP contribution in [0.15, 0.2) is 24.3 Å². The molecular formula is C10H11FOS. The van der Waals surface area contributed by atoms with Crippen LogP contribution in [0.2, 0.25) is 0 Å². The molecule has 0 aliphatic rings. The largest absolute Gasteiger partial charge is 0.494 e. The van der Waals surface area contributed by atoms with E-state index in [-0.39, 0.29) is 11.6 Å². The number of rotatable bonds is 3. The fourth-order valence-corrected chi connectivity index (χ4v) is 1.08. The molecule has 0 bridgehead atoms. The predicted molar refractivity (Wildman–Crippen MR) is 55.8 cm³/mol. The van der Waals surface area contributed by atoms with E-state index in [0.29, 0.717) is 5.75 Å². The van der Waals surface area contributed by atoms with Crippen LogP contribution in [0.1, 0.15) is 5.56 Å². The molecule has 1 nitrogen and oxygen atoms in total. The average molecular weight is 198 g/mol. The zero-order valence-corrected chi connectivity index (χ0v) is 8.22. The summed E-state index contributed by atoms with van der Waals surface area (Å²) in [7, 11) is 1.45. The molecule has 0 N–H and O–H groups in total. The highest BCUT2D eigenvalue weighted by Gasteiger charge is 2.00. The van der Waals surface area contributed by atoms with Crippen molar-refractivity contribution in [1.82, 2.24) is 0 Å². The molecule has 0 unspecified atom stereocenters. The van der Waals surface area contributed by atoms with Crippen molar-refractivity contribution in [2.75, 3.05) is 12.9 Å². The second-order valence-corrected chi connectivity index (χ2v) is 2.84. The zero-order valence-electron chi connectivity index (χ0n) is 7.33. The van der Waals surface area contributed by atoms with Gasteiger partial charge in [-0.05, 0) is 17.7 Å². The summed E-state index contributed by atoms with van der Waals surface area (Å²) in [5.41, 5.74) is 0.812. The van der Waals surface area contributed by atoms with E-state index < -0.39 is 0 Å². The second-order valence-electron chi connectivity index (χ2n) is 2.48. The van der Waals surface area contributed by atoms with Crippen LogP contribution in [0, 0.1) is 5.82 Å². The second kappa shape index (κ2) is 4.92. The molecular weight excluding hydrogens is 187 g/mol. The van der Waals surface area contributed by atoms with E-state index in [2.05, 4.69) is 12.6 Å². The standard InChI is InChI=1S/C10H11FOS/c1-12-10-5-4-8(3-2-6-13)7-9(10)11/h2-5,7,13H,6H2,1H3. The first kappa shape index (κ1) is 10.1. The lowest BCUT2D eigenvalue weighted by atomic mass is 10.2. The Bertz CT molecular complexity index is 310. The van der Waals surface area contributed by atoms with Crippen LogP contribution in [0.3, 0.4) is 0 Å². The van der Waals surface area contributed by atoms with Crippen LogP contribution < -0.4 is 4.74 Å². The molecule has 70 valence electrons. The third-order valence-electron chi connectivity index (χ3n) is 1.59. The van der Waals surface area contributed by atoms with Crippen molar-refractivity contribution in [3.8, 4) is 5.75 Å². The smallest absolute Gasteiger partial charge is 0.165 e. The summed E-state index contributed by atoms with van der Waals surface area (Å²) in [4.78, 5) is 0. The van der Waals surface area contributed by atoms with Gasteiger partial charge < -0.3 is 4.74 Å². The molecule has 0 amide bonds. The van der Waals surface area contributed by atoms with Crippen molar-refractivity contribution in [3.05, 3.63) is 35.7 Å². The van der Waals surface area contributed by atoms with E-state index >= 15 is 0 Å². The molecule has 0 fully saturated rings. The van der Waals surface area contributed by atoms with Gasteiger partial charge in [0.15, 0.2) is 11.6 Å². The summed E-state index contributed by atoms with van der Waals surface area (Å²) >= 11 is 4.01. The van der Waals surface area contributed by atoms with E-state index in [9.17, 15) is 4.39 Å². The van der Waals surface area contributed by atoms with Crippen LogP contribution in [0.4, 0.5) is 4.39 Å². The maximum Gasteiger partial charge on any atom is 0.165 e. The third kappa shape index (κ3) is 2.77. The van der Waals surface area contributed by atoms with Crippen molar-refractivity contribution >= 4 is 18.7 Å². The molecule has 13 heavy (non-hydrogen) atoms. The Hall–Kier alpha value is -0.960. The summed E-state index contributed by atoms with van der Waals surface area (Å²) in [6.45, 7) is 0. The number of ether oxygens (including phenoxy) is 1. The Labute approximate surface area is 82.6 Å². The van der Waals surface area contributed by atoms with Crippen LogP contribution >= 0.6 is 12.6 Å². The van der Waals surface area contributed by atoms with E-state index in [4.69, 9.17) is 4.74 Å². The highest BCUT2D eigenvalue weighted by atomic mass is 32.1. The maximum atomic E-state index is 13.1. The molecule has 0 aliphatic heterocycles. The van der Waals surface area contributed by atoms with Gasteiger partial charge in [-0.15, -0.1) is 0 Å². The molecule has 1 aromatic carbocycles. The molecule has 0 radical (unpaired) electrons. The minimum Gasteiger partial charge on any atom is -0.494 e. The van der Waals surface area contributed by atoms with Crippen molar-refractivity contribution in [2.45, 2.75) is 0 Å². The number of methoxy groups -OCH3 is 1. The molecule has 0 spiro atoms. The molecule has 0 aliphatic carbocycles. The lowest BCUT2D eigenvalue weighted by Gasteiger charge is -2.01. The van der Waals surface area contributed by atoms with Gasteiger partial charge in [0, 0.05) is 5.75 Å². The summed E-state index contributed by atoms with van der Waals surface area (Å²) in [6.07, 6.45) is 3.67. The van der Waals surface area contributed by atoms with Gasteiger partial charge in [0.2, 0.25) is 0 Å². The number of hydrogen-bond donors (Lipinski definition) is 1. The Morgan fingerprint density at radius 1 is 1.54 bits per heavy atom. The fraction of sp³-hybridized carbons (Fsp3) is 0.200. The molecule has 0 aromatic heterocycles. The minimum absolute atomic E-state index is 0.267. The SMILES string of the molecule is COc1ccc(C=CCS)cc1F. The maximum absolute atomic E-state index is 13.1. The number of thiol groups is 1. The summed E-state index contributed by atoms with van der Waals surface area (Å²) in [5, 5.41) is 0. The van der Waals surface area contributed by atoms with Crippen LogP contribution in [0.25, 0.3) is 6.08 Å². The Kier molecular flexibility index (Phi) is 3.83. The number of benzene rings is 1. The van der Waals surface area contributed by atoms with Gasteiger partial charge in [0.05, 0.1) is 7.11 Å². The molecule has 3 heteroatoms. The van der Waals surface area contributed by atoms with Gasteiger partial charge in [-0.2, -0.15) is 12.6 Å². The predicted octanol–water partition coefficient (Wildman–Crippen LogP) is 2.78. The van der Waals surface area contributed by atoms with E-state index in [1.165, 1.54) is 13.2 Å². The quantitative estimate of drug-likeness (QED) is 0.735. The highest BCUT2D eigenvalue weighted by Crippen LogP contribution is 2.18. The van der Waals surface area contributed by atoms with E-state index in [0.717, 1.165) is 5.56 Å². The number of hydrogen-bond acceptors (Lipinski definition) is 2. The minimum atomic E-state index is -0.344. The zero-order chi connectivity index (χ0) is 9.68. The van der Waals surface area contributed by atoms with Gasteiger partial charge in [-0.3, -0.25) is 0 Å². The first-order valence-corrected chi connectivity index (χ1v) is 4.52. The van der Waals surface area contributed by atoms with Crippen molar-refractivity contribution in [2.24, 2.45) is 0 Å². The topological polar surface area (TPSA) is 9.23 Å². The van der Waals surface area contributed by atoms with Gasteiger partial charge >= 0.3 is 0 Å².